The number of hydrogen-bond donors (Lipinski definition) is 1. The summed E-state index contributed by atoms with van der Waals surface area (Å²) < 4.78 is 1.96. The van der Waals surface area contributed by atoms with Crippen LogP contribution in [-0.2, 0) is 13.5 Å². The molecule has 0 aliphatic rings. The molecule has 0 bridgehead atoms. The highest BCUT2D eigenvalue weighted by Gasteiger charge is 2.22. The predicted octanol–water partition coefficient (Wildman–Crippen LogP) is 2.07. The number of nitrogens with zero attached hydrogens (tertiary/aromatic N) is 2. The first-order valence-corrected chi connectivity index (χ1v) is 5.84. The van der Waals surface area contributed by atoms with E-state index in [2.05, 4.69) is 36.9 Å². The molecule has 3 heteroatoms. The average Bonchev–Trinajstić information content (AvgIpc) is 2.54. The smallest absolute Gasteiger partial charge is 0.0596 e. The minimum Gasteiger partial charge on any atom is -0.316 e. The molecule has 1 aromatic rings. The van der Waals surface area contributed by atoms with Crippen LogP contribution in [0.1, 0.15) is 25.2 Å². The van der Waals surface area contributed by atoms with Gasteiger partial charge in [0, 0.05) is 24.7 Å². The standard InChI is InChI=1S/C13H23N3/c1-6-13(4,10-14-7-2)9-12-8-11(3)15-16(12)5/h6,8,14H,1,7,9-10H2,2-5H3. The minimum absolute atomic E-state index is 0.0935. The molecular weight excluding hydrogens is 198 g/mol. The van der Waals surface area contributed by atoms with E-state index in [1.165, 1.54) is 5.69 Å². The lowest BCUT2D eigenvalue weighted by Gasteiger charge is -2.25. The second-order valence-corrected chi connectivity index (χ2v) is 4.72. The van der Waals surface area contributed by atoms with Crippen molar-refractivity contribution in [2.75, 3.05) is 13.1 Å². The maximum absolute atomic E-state index is 4.37. The molecule has 1 aromatic heterocycles. The van der Waals surface area contributed by atoms with Gasteiger partial charge in [-0.05, 0) is 26.0 Å². The van der Waals surface area contributed by atoms with Gasteiger partial charge in [0.1, 0.15) is 0 Å². The molecule has 3 nitrogen and oxygen atoms in total. The summed E-state index contributed by atoms with van der Waals surface area (Å²) in [6.07, 6.45) is 3.01. The molecule has 1 heterocycles. The molecule has 0 fully saturated rings. The molecule has 1 atom stereocenters. The van der Waals surface area contributed by atoms with Crippen molar-refractivity contribution in [2.45, 2.75) is 27.2 Å². The zero-order valence-electron chi connectivity index (χ0n) is 10.9. The van der Waals surface area contributed by atoms with E-state index in [0.29, 0.717) is 0 Å². The molecule has 16 heavy (non-hydrogen) atoms. The lowest BCUT2D eigenvalue weighted by molar-refractivity contribution is 0.385. The summed E-state index contributed by atoms with van der Waals surface area (Å²) in [7, 11) is 2.00. The summed E-state index contributed by atoms with van der Waals surface area (Å²) in [5, 5.41) is 7.76. The summed E-state index contributed by atoms with van der Waals surface area (Å²) in [5.41, 5.74) is 2.43. The molecule has 0 spiro atoms. The fourth-order valence-electron chi connectivity index (χ4n) is 1.86. The van der Waals surface area contributed by atoms with Gasteiger partial charge in [0.2, 0.25) is 0 Å². The van der Waals surface area contributed by atoms with Gasteiger partial charge in [-0.25, -0.2) is 0 Å². The molecule has 0 radical (unpaired) electrons. The Morgan fingerprint density at radius 2 is 2.31 bits per heavy atom. The average molecular weight is 221 g/mol. The third-order valence-corrected chi connectivity index (χ3v) is 2.96. The highest BCUT2D eigenvalue weighted by Crippen LogP contribution is 2.23. The van der Waals surface area contributed by atoms with Crippen molar-refractivity contribution in [3.63, 3.8) is 0 Å². The second kappa shape index (κ2) is 5.30. The fourth-order valence-corrected chi connectivity index (χ4v) is 1.86. The molecule has 0 amide bonds. The van der Waals surface area contributed by atoms with Gasteiger partial charge in [-0.3, -0.25) is 4.68 Å². The Kier molecular flexibility index (Phi) is 4.30. The molecule has 1 N–H and O–H groups in total. The van der Waals surface area contributed by atoms with Crippen LogP contribution in [0.4, 0.5) is 0 Å². The molecular formula is C13H23N3. The van der Waals surface area contributed by atoms with Crippen molar-refractivity contribution < 1.29 is 0 Å². The topological polar surface area (TPSA) is 29.9 Å². The minimum atomic E-state index is 0.0935. The number of aryl methyl sites for hydroxylation is 2. The number of rotatable bonds is 6. The first kappa shape index (κ1) is 13.0. The van der Waals surface area contributed by atoms with Crippen LogP contribution in [0, 0.1) is 12.3 Å². The van der Waals surface area contributed by atoms with Gasteiger partial charge in [0.15, 0.2) is 0 Å². The van der Waals surface area contributed by atoms with Crippen molar-refractivity contribution in [1.82, 2.24) is 15.1 Å². The Morgan fingerprint density at radius 1 is 1.62 bits per heavy atom. The van der Waals surface area contributed by atoms with Crippen LogP contribution in [0.5, 0.6) is 0 Å². The number of aromatic nitrogens is 2. The molecule has 1 unspecified atom stereocenters. The number of nitrogens with one attached hydrogen (secondary N) is 1. The molecule has 0 aliphatic carbocycles. The zero-order chi connectivity index (χ0) is 12.2. The van der Waals surface area contributed by atoms with E-state index in [9.17, 15) is 0 Å². The van der Waals surface area contributed by atoms with E-state index in [0.717, 1.165) is 25.2 Å². The Bertz CT molecular complexity index is 354. The fraction of sp³-hybridized carbons (Fsp3) is 0.615. The van der Waals surface area contributed by atoms with Gasteiger partial charge in [-0.2, -0.15) is 5.10 Å². The van der Waals surface area contributed by atoms with Crippen LogP contribution in [0.3, 0.4) is 0 Å². The van der Waals surface area contributed by atoms with E-state index in [1.54, 1.807) is 0 Å². The molecule has 0 aliphatic heterocycles. The summed E-state index contributed by atoms with van der Waals surface area (Å²) in [6.45, 7) is 12.3. The summed E-state index contributed by atoms with van der Waals surface area (Å²) in [5.74, 6) is 0. The molecule has 90 valence electrons. The van der Waals surface area contributed by atoms with E-state index in [4.69, 9.17) is 0 Å². The third-order valence-electron chi connectivity index (χ3n) is 2.96. The van der Waals surface area contributed by atoms with Crippen LogP contribution in [0.2, 0.25) is 0 Å². The Morgan fingerprint density at radius 3 is 2.75 bits per heavy atom. The monoisotopic (exact) mass is 221 g/mol. The van der Waals surface area contributed by atoms with Crippen LogP contribution in [0.15, 0.2) is 18.7 Å². The summed E-state index contributed by atoms with van der Waals surface area (Å²) in [6, 6.07) is 2.15. The van der Waals surface area contributed by atoms with Crippen LogP contribution in [0.25, 0.3) is 0 Å². The first-order chi connectivity index (χ1) is 7.50. The maximum atomic E-state index is 4.37. The normalized spacial score (nSPS) is 14.8. The quantitative estimate of drug-likeness (QED) is 0.745. The van der Waals surface area contributed by atoms with Crippen molar-refractivity contribution >= 4 is 0 Å². The SMILES string of the molecule is C=CC(C)(CNCC)Cc1cc(C)nn1C. The summed E-state index contributed by atoms with van der Waals surface area (Å²) in [4.78, 5) is 0. The van der Waals surface area contributed by atoms with Crippen LogP contribution >= 0.6 is 0 Å². The van der Waals surface area contributed by atoms with Gasteiger partial charge in [0.25, 0.3) is 0 Å². The Labute approximate surface area is 98.5 Å². The molecule has 0 saturated heterocycles. The predicted molar refractivity (Wildman–Crippen MR) is 68.5 cm³/mol. The highest BCUT2D eigenvalue weighted by atomic mass is 15.3. The lowest BCUT2D eigenvalue weighted by atomic mass is 9.85. The van der Waals surface area contributed by atoms with Crippen LogP contribution in [-0.4, -0.2) is 22.9 Å². The van der Waals surface area contributed by atoms with Gasteiger partial charge in [-0.15, -0.1) is 6.58 Å². The highest BCUT2D eigenvalue weighted by molar-refractivity contribution is 5.13. The molecule has 0 aromatic carbocycles. The van der Waals surface area contributed by atoms with Crippen LogP contribution < -0.4 is 5.32 Å². The number of hydrogen-bond acceptors (Lipinski definition) is 2. The third kappa shape index (κ3) is 3.20. The van der Waals surface area contributed by atoms with E-state index < -0.39 is 0 Å². The van der Waals surface area contributed by atoms with Gasteiger partial charge >= 0.3 is 0 Å². The van der Waals surface area contributed by atoms with Crippen molar-refractivity contribution in [1.29, 1.82) is 0 Å². The second-order valence-electron chi connectivity index (χ2n) is 4.72. The molecule has 1 rings (SSSR count). The lowest BCUT2D eigenvalue weighted by Crippen LogP contribution is -2.32. The van der Waals surface area contributed by atoms with Gasteiger partial charge < -0.3 is 5.32 Å². The van der Waals surface area contributed by atoms with Crippen molar-refractivity contribution in [2.24, 2.45) is 12.5 Å². The largest absolute Gasteiger partial charge is 0.316 e. The van der Waals surface area contributed by atoms with Gasteiger partial charge in [0.05, 0.1) is 5.69 Å². The maximum Gasteiger partial charge on any atom is 0.0596 e. The first-order valence-electron chi connectivity index (χ1n) is 5.84. The van der Waals surface area contributed by atoms with Gasteiger partial charge in [-0.1, -0.05) is 19.9 Å². The Balaban J connectivity index is 2.76. The van der Waals surface area contributed by atoms with E-state index in [-0.39, 0.29) is 5.41 Å². The van der Waals surface area contributed by atoms with Crippen molar-refractivity contribution in [3.8, 4) is 0 Å². The summed E-state index contributed by atoms with van der Waals surface area (Å²) >= 11 is 0. The van der Waals surface area contributed by atoms with E-state index >= 15 is 0 Å². The zero-order valence-corrected chi connectivity index (χ0v) is 10.9. The van der Waals surface area contributed by atoms with E-state index in [1.807, 2.05) is 24.7 Å². The Hall–Kier alpha value is -1.09. The van der Waals surface area contributed by atoms with Crippen molar-refractivity contribution in [3.05, 3.63) is 30.1 Å². The molecule has 0 saturated carbocycles.